The van der Waals surface area contributed by atoms with Crippen LogP contribution in [0, 0.1) is 13.8 Å². The topological polar surface area (TPSA) is 88.8 Å². The van der Waals surface area contributed by atoms with E-state index in [1.54, 1.807) is 53.5 Å². The van der Waals surface area contributed by atoms with Crippen LogP contribution in [-0.2, 0) is 6.54 Å². The van der Waals surface area contributed by atoms with E-state index in [0.717, 1.165) is 22.6 Å². The summed E-state index contributed by atoms with van der Waals surface area (Å²) < 4.78 is 1.78. The molecular formula is C23H23N7O. The van der Waals surface area contributed by atoms with E-state index < -0.39 is 0 Å². The fraction of sp³-hybridized carbons (Fsp3) is 0.174. The van der Waals surface area contributed by atoms with Gasteiger partial charge in [0, 0.05) is 42.9 Å². The molecule has 1 amide bonds. The zero-order valence-electron chi connectivity index (χ0n) is 17.6. The molecule has 31 heavy (non-hydrogen) atoms. The Morgan fingerprint density at radius 3 is 2.45 bits per heavy atom. The number of hydrogen-bond acceptors (Lipinski definition) is 6. The Labute approximate surface area is 180 Å². The third-order valence-corrected chi connectivity index (χ3v) is 4.88. The van der Waals surface area contributed by atoms with Crippen LogP contribution in [-0.4, -0.2) is 37.7 Å². The second-order valence-corrected chi connectivity index (χ2v) is 7.22. The van der Waals surface area contributed by atoms with E-state index in [9.17, 15) is 4.79 Å². The second kappa shape index (κ2) is 8.74. The first kappa shape index (κ1) is 20.2. The highest BCUT2D eigenvalue weighted by Gasteiger charge is 2.13. The monoisotopic (exact) mass is 413 g/mol. The van der Waals surface area contributed by atoms with Gasteiger partial charge in [0.25, 0.3) is 5.91 Å². The van der Waals surface area contributed by atoms with Crippen molar-refractivity contribution >= 4 is 17.4 Å². The third-order valence-electron chi connectivity index (χ3n) is 4.88. The largest absolute Gasteiger partial charge is 0.365 e. The highest BCUT2D eigenvalue weighted by atomic mass is 16.2. The number of nitrogens with one attached hydrogen (secondary N) is 1. The third kappa shape index (κ3) is 4.58. The van der Waals surface area contributed by atoms with Crippen LogP contribution < -0.4 is 10.2 Å². The van der Waals surface area contributed by atoms with Gasteiger partial charge in [-0.2, -0.15) is 5.10 Å². The number of benzene rings is 1. The average molecular weight is 413 g/mol. The smallest absolute Gasteiger partial charge is 0.258 e. The molecule has 0 aliphatic heterocycles. The van der Waals surface area contributed by atoms with E-state index in [4.69, 9.17) is 0 Å². The predicted octanol–water partition coefficient (Wildman–Crippen LogP) is 3.56. The van der Waals surface area contributed by atoms with Gasteiger partial charge < -0.3 is 10.2 Å². The second-order valence-electron chi connectivity index (χ2n) is 7.22. The van der Waals surface area contributed by atoms with Crippen molar-refractivity contribution in [2.75, 3.05) is 17.3 Å². The van der Waals surface area contributed by atoms with Crippen LogP contribution in [0.15, 0.2) is 67.3 Å². The van der Waals surface area contributed by atoms with E-state index >= 15 is 0 Å². The van der Waals surface area contributed by atoms with Crippen LogP contribution in [0.5, 0.6) is 0 Å². The van der Waals surface area contributed by atoms with Crippen LogP contribution in [0.1, 0.15) is 27.3 Å². The zero-order valence-corrected chi connectivity index (χ0v) is 17.6. The number of carbonyl (C=O) groups excluding carboxylic acids is 1. The van der Waals surface area contributed by atoms with Crippen molar-refractivity contribution in [2.24, 2.45) is 0 Å². The summed E-state index contributed by atoms with van der Waals surface area (Å²) in [6, 6.07) is 13.2. The highest BCUT2D eigenvalue weighted by Crippen LogP contribution is 2.17. The zero-order chi connectivity index (χ0) is 21.8. The van der Waals surface area contributed by atoms with Crippen LogP contribution in [0.25, 0.3) is 5.82 Å². The summed E-state index contributed by atoms with van der Waals surface area (Å²) in [6.07, 6.45) is 6.60. The van der Waals surface area contributed by atoms with Gasteiger partial charge in [-0.25, -0.2) is 9.67 Å². The molecule has 0 atom stereocenters. The predicted molar refractivity (Wildman–Crippen MR) is 119 cm³/mol. The number of carbonyl (C=O) groups is 1. The summed E-state index contributed by atoms with van der Waals surface area (Å²) in [6.45, 7) is 4.52. The fourth-order valence-electron chi connectivity index (χ4n) is 3.24. The average Bonchev–Trinajstić information content (AvgIpc) is 3.15. The van der Waals surface area contributed by atoms with Crippen molar-refractivity contribution in [3.8, 4) is 5.82 Å². The lowest BCUT2D eigenvalue weighted by Crippen LogP contribution is -2.26. The molecule has 1 N–H and O–H groups in total. The lowest BCUT2D eigenvalue weighted by atomic mass is 10.1. The Morgan fingerprint density at radius 2 is 1.77 bits per heavy atom. The number of hydrogen-bond donors (Lipinski definition) is 1. The molecule has 1 aromatic carbocycles. The quantitative estimate of drug-likeness (QED) is 0.520. The van der Waals surface area contributed by atoms with Crippen LogP contribution in [0.4, 0.5) is 11.5 Å². The number of aromatic nitrogens is 5. The number of rotatable bonds is 6. The minimum atomic E-state index is -0.0792. The molecule has 3 aromatic heterocycles. The Morgan fingerprint density at radius 1 is 1.03 bits per heavy atom. The van der Waals surface area contributed by atoms with Gasteiger partial charge in [0.15, 0.2) is 5.82 Å². The van der Waals surface area contributed by atoms with Crippen molar-refractivity contribution in [1.29, 1.82) is 0 Å². The van der Waals surface area contributed by atoms with Crippen molar-refractivity contribution < 1.29 is 4.79 Å². The van der Waals surface area contributed by atoms with Crippen molar-refractivity contribution in [3.05, 3.63) is 89.8 Å². The van der Waals surface area contributed by atoms with E-state index in [-0.39, 0.29) is 5.91 Å². The molecule has 0 saturated carbocycles. The molecule has 0 aliphatic carbocycles. The van der Waals surface area contributed by atoms with Gasteiger partial charge in [-0.15, -0.1) is 0 Å². The van der Waals surface area contributed by atoms with Crippen LogP contribution in [0.3, 0.4) is 0 Å². The van der Waals surface area contributed by atoms with Gasteiger partial charge in [-0.3, -0.25) is 14.8 Å². The molecule has 8 nitrogen and oxygen atoms in total. The minimum Gasteiger partial charge on any atom is -0.365 e. The van der Waals surface area contributed by atoms with Crippen LogP contribution in [0.2, 0.25) is 0 Å². The normalized spacial score (nSPS) is 10.7. The SMILES string of the molecule is Cc1cc(C)n(-c2cncc(NCc3ccc(N(C)C(=O)c4ccncc4)cc3)n2)n1. The number of nitrogens with zero attached hydrogens (tertiary/aromatic N) is 6. The molecule has 0 aliphatic rings. The Balaban J connectivity index is 1.41. The fourth-order valence-corrected chi connectivity index (χ4v) is 3.24. The van der Waals surface area contributed by atoms with Gasteiger partial charge in [0.2, 0.25) is 0 Å². The maximum absolute atomic E-state index is 12.6. The summed E-state index contributed by atoms with van der Waals surface area (Å²) >= 11 is 0. The summed E-state index contributed by atoms with van der Waals surface area (Å²) in [7, 11) is 1.76. The molecule has 0 unspecified atom stereocenters. The molecule has 0 spiro atoms. The van der Waals surface area contributed by atoms with Gasteiger partial charge in [0.1, 0.15) is 5.82 Å². The molecule has 3 heterocycles. The maximum Gasteiger partial charge on any atom is 0.258 e. The van der Waals surface area contributed by atoms with Crippen molar-refractivity contribution in [1.82, 2.24) is 24.7 Å². The lowest BCUT2D eigenvalue weighted by molar-refractivity contribution is 0.0993. The van der Waals surface area contributed by atoms with Crippen LogP contribution >= 0.6 is 0 Å². The molecule has 8 heteroatoms. The van der Waals surface area contributed by atoms with Gasteiger partial charge in [-0.05, 0) is 49.7 Å². The molecule has 4 aromatic rings. The number of aryl methyl sites for hydroxylation is 2. The first-order chi connectivity index (χ1) is 15.0. The molecule has 0 radical (unpaired) electrons. The highest BCUT2D eigenvalue weighted by molar-refractivity contribution is 6.05. The molecule has 0 fully saturated rings. The van der Waals surface area contributed by atoms with Crippen molar-refractivity contribution in [2.45, 2.75) is 20.4 Å². The summed E-state index contributed by atoms with van der Waals surface area (Å²) in [4.78, 5) is 27.0. The Hall–Kier alpha value is -4.07. The summed E-state index contributed by atoms with van der Waals surface area (Å²) in [5.74, 6) is 1.26. The maximum atomic E-state index is 12.6. The molecular weight excluding hydrogens is 390 g/mol. The summed E-state index contributed by atoms with van der Waals surface area (Å²) in [5.41, 5.74) is 4.42. The number of amides is 1. The number of pyridine rings is 1. The van der Waals surface area contributed by atoms with E-state index in [1.807, 2.05) is 44.2 Å². The van der Waals surface area contributed by atoms with Gasteiger partial charge in [0.05, 0.1) is 18.1 Å². The number of anilines is 2. The minimum absolute atomic E-state index is 0.0792. The van der Waals surface area contributed by atoms with E-state index in [1.165, 1.54) is 0 Å². The Bertz CT molecular complexity index is 1190. The molecule has 156 valence electrons. The van der Waals surface area contributed by atoms with E-state index in [0.29, 0.717) is 23.7 Å². The summed E-state index contributed by atoms with van der Waals surface area (Å²) in [5, 5.41) is 7.75. The molecule has 0 bridgehead atoms. The standard InChI is InChI=1S/C23H23N7O/c1-16-12-17(2)30(28-16)22-15-25-14-21(27-22)26-13-18-4-6-20(7-5-18)29(3)23(31)19-8-10-24-11-9-19/h4-12,14-15H,13H2,1-3H3,(H,26,27). The van der Waals surface area contributed by atoms with Gasteiger partial charge in [-0.1, -0.05) is 12.1 Å². The van der Waals surface area contributed by atoms with Gasteiger partial charge >= 0.3 is 0 Å². The lowest BCUT2D eigenvalue weighted by Gasteiger charge is -2.18. The van der Waals surface area contributed by atoms with E-state index in [2.05, 4.69) is 25.4 Å². The molecule has 4 rings (SSSR count). The van der Waals surface area contributed by atoms with Crippen molar-refractivity contribution in [3.63, 3.8) is 0 Å². The Kier molecular flexibility index (Phi) is 5.70. The molecule has 0 saturated heterocycles. The first-order valence-corrected chi connectivity index (χ1v) is 9.88. The first-order valence-electron chi connectivity index (χ1n) is 9.88.